The first-order valence-corrected chi connectivity index (χ1v) is 18.0. The standard InChI is InChI=1S/C38H40FN5O5S/c1-24-17-18-30-33(19-24)50-37(41-30)48-29-21-32-34(45)42-38(36(47)43-49-28-14-7-5-8-15-28)22-25(38)11-6-3-2-4-9-16-31(35(46)44(32)23-29)40-27-13-10-12-26(39)20-27/h5-8,10-15,17-20,25,29,31-32,40H,2-4,9,16,21-23H2,1H3,(H,42,45)(H,43,47)/t25-,29-,31+,32+,38-/m1/s1. The van der Waals surface area contributed by atoms with Crippen LogP contribution in [0.1, 0.15) is 50.5 Å². The number of para-hydroxylation sites is 1. The van der Waals surface area contributed by atoms with Gasteiger partial charge in [-0.15, -0.1) is 0 Å². The van der Waals surface area contributed by atoms with Crippen molar-refractivity contribution < 1.29 is 28.3 Å². The maximum atomic E-state index is 14.5. The van der Waals surface area contributed by atoms with Crippen LogP contribution in [0.2, 0.25) is 0 Å². The maximum absolute atomic E-state index is 14.5. The van der Waals surface area contributed by atoms with E-state index in [1.54, 1.807) is 41.3 Å². The second-order valence-electron chi connectivity index (χ2n) is 13.3. The molecule has 0 bridgehead atoms. The number of carbonyl (C=O) groups excluding carboxylic acids is 3. The van der Waals surface area contributed by atoms with Crippen LogP contribution < -0.4 is 25.7 Å². The first kappa shape index (κ1) is 33.5. The number of rotatable bonds is 7. The van der Waals surface area contributed by atoms with E-state index in [1.807, 2.05) is 37.3 Å². The number of amides is 3. The fourth-order valence-electron chi connectivity index (χ4n) is 6.83. The van der Waals surface area contributed by atoms with Gasteiger partial charge >= 0.3 is 0 Å². The fourth-order valence-corrected chi connectivity index (χ4v) is 7.81. The Bertz CT molecular complexity index is 1900. The number of hydrogen-bond acceptors (Lipinski definition) is 8. The van der Waals surface area contributed by atoms with Gasteiger partial charge in [-0.1, -0.05) is 66.7 Å². The summed E-state index contributed by atoms with van der Waals surface area (Å²) in [5, 5.41) is 6.74. The summed E-state index contributed by atoms with van der Waals surface area (Å²) in [5.74, 6) is -1.39. The molecular weight excluding hydrogens is 658 g/mol. The number of anilines is 1. The van der Waals surface area contributed by atoms with Crippen LogP contribution in [0.4, 0.5) is 10.1 Å². The molecule has 1 saturated heterocycles. The number of nitrogens with one attached hydrogen (secondary N) is 3. The van der Waals surface area contributed by atoms with Crippen LogP contribution in [0.25, 0.3) is 10.2 Å². The minimum Gasteiger partial charge on any atom is -0.465 e. The normalized spacial score (nSPS) is 25.4. The minimum atomic E-state index is -1.24. The third-order valence-electron chi connectivity index (χ3n) is 9.61. The van der Waals surface area contributed by atoms with Crippen LogP contribution in [-0.2, 0) is 14.4 Å². The van der Waals surface area contributed by atoms with E-state index in [4.69, 9.17) is 9.57 Å². The van der Waals surface area contributed by atoms with Crippen molar-refractivity contribution in [3.63, 3.8) is 0 Å². The van der Waals surface area contributed by atoms with Crippen molar-refractivity contribution >= 4 is 45.0 Å². The van der Waals surface area contributed by atoms with E-state index < -0.39 is 41.4 Å². The van der Waals surface area contributed by atoms with Crippen molar-refractivity contribution in [1.82, 2.24) is 20.7 Å². The Balaban J connectivity index is 1.16. The lowest BCUT2D eigenvalue weighted by atomic mass is 10.0. The summed E-state index contributed by atoms with van der Waals surface area (Å²) in [6, 6.07) is 19.3. The first-order chi connectivity index (χ1) is 24.3. The molecule has 3 aliphatic rings. The van der Waals surface area contributed by atoms with Gasteiger partial charge in [0.1, 0.15) is 29.5 Å². The molecule has 3 aromatic carbocycles. The number of aromatic nitrogens is 1. The lowest BCUT2D eigenvalue weighted by molar-refractivity contribution is -0.141. The van der Waals surface area contributed by atoms with E-state index in [2.05, 4.69) is 27.2 Å². The van der Waals surface area contributed by atoms with Crippen LogP contribution in [-0.4, -0.2) is 57.9 Å². The van der Waals surface area contributed by atoms with E-state index in [1.165, 1.54) is 23.5 Å². The third kappa shape index (κ3) is 7.45. The Morgan fingerprint density at radius 1 is 1.06 bits per heavy atom. The number of ether oxygens (including phenoxy) is 1. The van der Waals surface area contributed by atoms with Gasteiger partial charge in [-0.05, 0) is 80.6 Å². The van der Waals surface area contributed by atoms with E-state index in [9.17, 15) is 18.8 Å². The van der Waals surface area contributed by atoms with Crippen molar-refractivity contribution in [2.45, 2.75) is 75.6 Å². The highest BCUT2D eigenvalue weighted by molar-refractivity contribution is 7.20. The Hall–Kier alpha value is -4.97. The maximum Gasteiger partial charge on any atom is 0.278 e. The average molecular weight is 698 g/mol. The Morgan fingerprint density at radius 2 is 1.92 bits per heavy atom. The first-order valence-electron chi connectivity index (χ1n) is 17.1. The van der Waals surface area contributed by atoms with Crippen LogP contribution in [0, 0.1) is 18.7 Å². The zero-order valence-corrected chi connectivity index (χ0v) is 28.6. The van der Waals surface area contributed by atoms with E-state index in [0.29, 0.717) is 29.5 Å². The summed E-state index contributed by atoms with van der Waals surface area (Å²) in [5.41, 5.74) is 3.71. The number of thiazole rings is 1. The minimum absolute atomic E-state index is 0.146. The number of allylic oxidation sites excluding steroid dienone is 1. The number of aryl methyl sites for hydroxylation is 1. The van der Waals surface area contributed by atoms with Crippen molar-refractivity contribution in [3.05, 3.63) is 96.3 Å². The molecule has 12 heteroatoms. The molecule has 5 atom stereocenters. The van der Waals surface area contributed by atoms with Gasteiger partial charge in [-0.3, -0.25) is 14.4 Å². The Morgan fingerprint density at radius 3 is 2.76 bits per heavy atom. The summed E-state index contributed by atoms with van der Waals surface area (Å²) in [6.07, 6.45) is 7.97. The Kier molecular flexibility index (Phi) is 9.71. The van der Waals surface area contributed by atoms with Crippen LogP contribution in [0.5, 0.6) is 10.9 Å². The fraction of sp³-hybridized carbons (Fsp3) is 0.368. The summed E-state index contributed by atoms with van der Waals surface area (Å²) < 4.78 is 21.5. The van der Waals surface area contributed by atoms with Crippen LogP contribution >= 0.6 is 11.3 Å². The highest BCUT2D eigenvalue weighted by atomic mass is 32.1. The highest BCUT2D eigenvalue weighted by Gasteiger charge is 2.61. The number of hydroxylamine groups is 1. The van der Waals surface area contributed by atoms with Gasteiger partial charge in [0.2, 0.25) is 11.8 Å². The number of carbonyl (C=O) groups is 3. The zero-order chi connectivity index (χ0) is 34.7. The predicted molar refractivity (Wildman–Crippen MR) is 189 cm³/mol. The molecule has 2 aliphatic heterocycles. The molecule has 1 saturated carbocycles. The molecule has 3 heterocycles. The lowest BCUT2D eigenvalue weighted by Gasteiger charge is -2.30. The number of benzene rings is 3. The van der Waals surface area contributed by atoms with Gasteiger partial charge in [0.15, 0.2) is 5.75 Å². The number of fused-ring (bicyclic) bond motifs is 3. The van der Waals surface area contributed by atoms with Gasteiger partial charge in [-0.2, -0.15) is 5.48 Å². The molecule has 0 radical (unpaired) electrons. The van der Waals surface area contributed by atoms with E-state index >= 15 is 0 Å². The van der Waals surface area contributed by atoms with Gasteiger partial charge in [-0.25, -0.2) is 9.37 Å². The molecule has 7 rings (SSSR count). The summed E-state index contributed by atoms with van der Waals surface area (Å²) in [7, 11) is 0. The number of nitrogens with zero attached hydrogens (tertiary/aromatic N) is 2. The summed E-state index contributed by atoms with van der Waals surface area (Å²) in [6.45, 7) is 2.16. The number of halogens is 1. The molecule has 260 valence electrons. The molecule has 3 amide bonds. The van der Waals surface area contributed by atoms with Crippen molar-refractivity contribution in [3.8, 4) is 10.9 Å². The molecule has 2 fully saturated rings. The zero-order valence-electron chi connectivity index (χ0n) is 27.8. The molecule has 0 unspecified atom stereocenters. The van der Waals surface area contributed by atoms with Crippen molar-refractivity contribution in [1.29, 1.82) is 0 Å². The Labute approximate surface area is 294 Å². The van der Waals surface area contributed by atoms with Crippen molar-refractivity contribution in [2.24, 2.45) is 5.92 Å². The quantitative estimate of drug-likeness (QED) is 0.158. The largest absolute Gasteiger partial charge is 0.465 e. The van der Waals surface area contributed by atoms with Gasteiger partial charge < -0.3 is 25.1 Å². The van der Waals surface area contributed by atoms with E-state index in [-0.39, 0.29) is 24.8 Å². The van der Waals surface area contributed by atoms with E-state index in [0.717, 1.165) is 41.5 Å². The molecule has 50 heavy (non-hydrogen) atoms. The molecule has 1 aromatic heterocycles. The smallest absolute Gasteiger partial charge is 0.278 e. The second kappa shape index (κ2) is 14.5. The monoisotopic (exact) mass is 697 g/mol. The predicted octanol–water partition coefficient (Wildman–Crippen LogP) is 6.08. The third-order valence-corrected chi connectivity index (χ3v) is 10.5. The van der Waals surface area contributed by atoms with Crippen molar-refractivity contribution in [2.75, 3.05) is 11.9 Å². The lowest BCUT2D eigenvalue weighted by Crippen LogP contribution is -2.57. The topological polar surface area (TPSA) is 122 Å². The average Bonchev–Trinajstić information content (AvgIpc) is 3.40. The molecule has 10 nitrogen and oxygen atoms in total. The molecule has 3 N–H and O–H groups in total. The number of hydrogen-bond donors (Lipinski definition) is 3. The van der Waals surface area contributed by atoms with Gasteiger partial charge in [0, 0.05) is 18.0 Å². The van der Waals surface area contributed by atoms with Crippen LogP contribution in [0.3, 0.4) is 0 Å². The SMILES string of the molecule is Cc1ccc2nc(O[C@@H]3C[C@H]4C(=O)N[C@]5(C(=O)NOc6ccccc6)C[C@H]5C=CCCCCC[C@H](Nc5cccc(F)c5)C(=O)N4C3)sc2c1. The van der Waals surface area contributed by atoms with Gasteiger partial charge in [0.25, 0.3) is 11.1 Å². The van der Waals surface area contributed by atoms with Crippen LogP contribution in [0.15, 0.2) is 84.9 Å². The highest BCUT2D eigenvalue weighted by Crippen LogP contribution is 2.45. The summed E-state index contributed by atoms with van der Waals surface area (Å²) in [4.78, 5) is 54.2. The molecule has 4 aromatic rings. The van der Waals surface area contributed by atoms with Gasteiger partial charge in [0.05, 0.1) is 16.8 Å². The molecular formula is C38H40FN5O5S. The molecule has 0 spiro atoms. The molecule has 1 aliphatic carbocycles. The summed E-state index contributed by atoms with van der Waals surface area (Å²) >= 11 is 1.42. The second-order valence-corrected chi connectivity index (χ2v) is 14.3.